The quantitative estimate of drug-likeness (QED) is 0.747. The number of hydrogen-bond acceptors (Lipinski definition) is 3. The number of benzene rings is 1. The molecular weight excluding hydrogens is 302 g/mol. The summed E-state index contributed by atoms with van der Waals surface area (Å²) in [5.41, 5.74) is 1.15. The van der Waals surface area contributed by atoms with Gasteiger partial charge in [-0.3, -0.25) is 4.79 Å². The van der Waals surface area contributed by atoms with Crippen molar-refractivity contribution < 1.29 is 14.8 Å². The molecule has 1 heterocycles. The summed E-state index contributed by atoms with van der Waals surface area (Å²) in [7, 11) is 0. The summed E-state index contributed by atoms with van der Waals surface area (Å²) in [5.74, 6) is 1.20. The fraction of sp³-hybridized carbons (Fsp3) is 0.632. The first-order chi connectivity index (χ1) is 11.7. The summed E-state index contributed by atoms with van der Waals surface area (Å²) >= 11 is 0. The van der Waals surface area contributed by atoms with Crippen molar-refractivity contribution in [2.75, 3.05) is 44.2 Å². The molecule has 1 aliphatic carbocycles. The molecule has 0 bridgehead atoms. The zero-order valence-corrected chi connectivity index (χ0v) is 14.5. The highest BCUT2D eigenvalue weighted by Crippen LogP contribution is 2.22. The fourth-order valence-corrected chi connectivity index (χ4v) is 3.86. The first-order valence-electron chi connectivity index (χ1n) is 9.35. The second-order valence-corrected chi connectivity index (χ2v) is 7.24. The number of amides is 1. The van der Waals surface area contributed by atoms with Crippen LogP contribution in [0.25, 0.3) is 0 Å². The van der Waals surface area contributed by atoms with Crippen molar-refractivity contribution in [1.29, 1.82) is 0 Å². The molecule has 3 N–H and O–H groups in total. The van der Waals surface area contributed by atoms with E-state index in [0.717, 1.165) is 38.4 Å². The molecule has 5 heteroatoms. The minimum Gasteiger partial charge on any atom is -0.508 e. The molecule has 1 saturated carbocycles. The minimum absolute atomic E-state index is 0.202. The van der Waals surface area contributed by atoms with Crippen LogP contribution in [0.3, 0.4) is 0 Å². The molecule has 3 rings (SSSR count). The monoisotopic (exact) mass is 332 g/mol. The molecule has 0 atom stereocenters. The van der Waals surface area contributed by atoms with Crippen LogP contribution in [-0.4, -0.2) is 50.3 Å². The maximum absolute atomic E-state index is 12.2. The Morgan fingerprint density at radius 2 is 1.79 bits per heavy atom. The summed E-state index contributed by atoms with van der Waals surface area (Å²) < 4.78 is 0. The van der Waals surface area contributed by atoms with Crippen molar-refractivity contribution in [3.05, 3.63) is 24.3 Å². The van der Waals surface area contributed by atoms with E-state index in [4.69, 9.17) is 0 Å². The van der Waals surface area contributed by atoms with E-state index in [1.54, 1.807) is 12.1 Å². The van der Waals surface area contributed by atoms with Crippen molar-refractivity contribution in [3.63, 3.8) is 0 Å². The fourth-order valence-electron chi connectivity index (χ4n) is 3.86. The van der Waals surface area contributed by atoms with Crippen LogP contribution >= 0.6 is 0 Å². The minimum atomic E-state index is 0.202. The Kier molecular flexibility index (Phi) is 5.96. The Labute approximate surface area is 144 Å². The third-order valence-electron chi connectivity index (χ3n) is 5.41. The molecule has 1 aromatic rings. The molecule has 1 saturated heterocycles. The van der Waals surface area contributed by atoms with Crippen LogP contribution in [0.5, 0.6) is 5.75 Å². The highest BCUT2D eigenvalue weighted by molar-refractivity contribution is 5.76. The Hall–Kier alpha value is -1.75. The van der Waals surface area contributed by atoms with Crippen LogP contribution in [0.15, 0.2) is 24.3 Å². The summed E-state index contributed by atoms with van der Waals surface area (Å²) in [6.45, 7) is 5.34. The summed E-state index contributed by atoms with van der Waals surface area (Å²) in [6, 6.07) is 7.37. The van der Waals surface area contributed by atoms with E-state index in [2.05, 4.69) is 10.2 Å². The van der Waals surface area contributed by atoms with Crippen molar-refractivity contribution in [1.82, 2.24) is 5.32 Å². The van der Waals surface area contributed by atoms with Crippen LogP contribution in [0, 0.1) is 5.92 Å². The number of quaternary nitrogens is 1. The maximum Gasteiger partial charge on any atom is 0.275 e. The van der Waals surface area contributed by atoms with E-state index >= 15 is 0 Å². The Balaban J connectivity index is 1.37. The van der Waals surface area contributed by atoms with Crippen LogP contribution < -0.4 is 15.1 Å². The molecule has 0 unspecified atom stereocenters. The molecule has 0 aromatic heterocycles. The number of aromatic hydroxyl groups is 1. The lowest BCUT2D eigenvalue weighted by atomic mass is 9.89. The molecule has 0 spiro atoms. The topological polar surface area (TPSA) is 57.0 Å². The molecule has 132 valence electrons. The van der Waals surface area contributed by atoms with E-state index in [1.165, 1.54) is 37.0 Å². The van der Waals surface area contributed by atoms with Gasteiger partial charge < -0.3 is 20.2 Å². The van der Waals surface area contributed by atoms with Gasteiger partial charge in [-0.1, -0.05) is 19.3 Å². The number of nitrogens with zero attached hydrogens (tertiary/aromatic N) is 1. The number of anilines is 1. The van der Waals surface area contributed by atoms with Crippen molar-refractivity contribution in [2.24, 2.45) is 5.92 Å². The number of nitrogens with one attached hydrogen (secondary N) is 2. The normalized spacial score (nSPS) is 20.1. The van der Waals surface area contributed by atoms with Gasteiger partial charge in [-0.05, 0) is 43.0 Å². The van der Waals surface area contributed by atoms with Crippen molar-refractivity contribution >= 4 is 11.6 Å². The summed E-state index contributed by atoms with van der Waals surface area (Å²) in [5, 5.41) is 12.5. The highest BCUT2D eigenvalue weighted by Gasteiger charge is 2.23. The van der Waals surface area contributed by atoms with Gasteiger partial charge in [-0.15, -0.1) is 0 Å². The van der Waals surface area contributed by atoms with Gasteiger partial charge in [-0.2, -0.15) is 0 Å². The third kappa shape index (κ3) is 4.87. The van der Waals surface area contributed by atoms with E-state index < -0.39 is 0 Å². The number of piperazine rings is 1. The van der Waals surface area contributed by atoms with E-state index in [-0.39, 0.29) is 5.91 Å². The van der Waals surface area contributed by atoms with Crippen LogP contribution in [0.4, 0.5) is 5.69 Å². The van der Waals surface area contributed by atoms with E-state index in [1.807, 2.05) is 12.1 Å². The SMILES string of the molecule is O=C(C[NH+]1CCN(c2ccc(O)cc2)CC1)NCC1CCCCC1. The lowest BCUT2D eigenvalue weighted by Crippen LogP contribution is -3.16. The molecule has 24 heavy (non-hydrogen) atoms. The van der Waals surface area contributed by atoms with Gasteiger partial charge in [0, 0.05) is 12.2 Å². The predicted molar refractivity (Wildman–Crippen MR) is 95.5 cm³/mol. The first kappa shape index (κ1) is 17.1. The zero-order valence-electron chi connectivity index (χ0n) is 14.5. The Bertz CT molecular complexity index is 518. The van der Waals surface area contributed by atoms with Gasteiger partial charge in [0.15, 0.2) is 6.54 Å². The molecule has 2 fully saturated rings. The second kappa shape index (κ2) is 8.38. The van der Waals surface area contributed by atoms with Gasteiger partial charge >= 0.3 is 0 Å². The van der Waals surface area contributed by atoms with Crippen molar-refractivity contribution in [2.45, 2.75) is 32.1 Å². The first-order valence-corrected chi connectivity index (χ1v) is 9.35. The van der Waals surface area contributed by atoms with Crippen LogP contribution in [0.2, 0.25) is 0 Å². The molecule has 2 aliphatic rings. The maximum atomic E-state index is 12.2. The molecule has 1 aromatic carbocycles. The third-order valence-corrected chi connectivity index (χ3v) is 5.41. The summed E-state index contributed by atoms with van der Waals surface area (Å²) in [4.78, 5) is 15.9. The number of carbonyl (C=O) groups excluding carboxylic acids is 1. The number of phenols is 1. The van der Waals surface area contributed by atoms with Gasteiger partial charge in [0.05, 0.1) is 26.2 Å². The lowest BCUT2D eigenvalue weighted by Gasteiger charge is -2.33. The highest BCUT2D eigenvalue weighted by atomic mass is 16.3. The predicted octanol–water partition coefficient (Wildman–Crippen LogP) is 0.794. The van der Waals surface area contributed by atoms with Gasteiger partial charge in [0.25, 0.3) is 5.91 Å². The average Bonchev–Trinajstić information content (AvgIpc) is 2.62. The largest absolute Gasteiger partial charge is 0.508 e. The summed E-state index contributed by atoms with van der Waals surface area (Å²) in [6.07, 6.45) is 6.56. The van der Waals surface area contributed by atoms with Crippen molar-refractivity contribution in [3.8, 4) is 5.75 Å². The molecule has 1 amide bonds. The number of phenolic OH excluding ortho intramolecular Hbond substituents is 1. The zero-order chi connectivity index (χ0) is 16.8. The molecule has 5 nitrogen and oxygen atoms in total. The number of carbonyl (C=O) groups is 1. The van der Waals surface area contributed by atoms with Gasteiger partial charge in [0.1, 0.15) is 5.75 Å². The Morgan fingerprint density at radius 1 is 1.12 bits per heavy atom. The molecule has 1 aliphatic heterocycles. The molecule has 0 radical (unpaired) electrons. The Morgan fingerprint density at radius 3 is 2.46 bits per heavy atom. The smallest absolute Gasteiger partial charge is 0.275 e. The average molecular weight is 332 g/mol. The number of hydrogen-bond donors (Lipinski definition) is 3. The van der Waals surface area contributed by atoms with Crippen LogP contribution in [0.1, 0.15) is 32.1 Å². The van der Waals surface area contributed by atoms with Gasteiger partial charge in [-0.25, -0.2) is 0 Å². The van der Waals surface area contributed by atoms with E-state index in [0.29, 0.717) is 18.2 Å². The number of rotatable bonds is 5. The second-order valence-electron chi connectivity index (χ2n) is 7.24. The molecular formula is C19H30N3O2+. The lowest BCUT2D eigenvalue weighted by molar-refractivity contribution is -0.892. The van der Waals surface area contributed by atoms with Crippen LogP contribution in [-0.2, 0) is 4.79 Å². The van der Waals surface area contributed by atoms with E-state index in [9.17, 15) is 9.90 Å². The van der Waals surface area contributed by atoms with Gasteiger partial charge in [0.2, 0.25) is 0 Å². The standard InChI is InChI=1S/C19H29N3O2/c23-18-8-6-17(7-9-18)22-12-10-21(11-13-22)15-19(24)20-14-16-4-2-1-3-5-16/h6-9,16,23H,1-5,10-15H2,(H,20,24)/p+1.